The minimum absolute atomic E-state index is 0.131. The third kappa shape index (κ3) is 8.79. The zero-order valence-corrected chi connectivity index (χ0v) is 7.28. The smallest absolute Gasteiger partial charge is 0.135 e. The summed E-state index contributed by atoms with van der Waals surface area (Å²) in [6, 6.07) is 1.75. The SMILES string of the molecule is CC#N.CC(=O)C(CO)CC=O. The van der Waals surface area contributed by atoms with E-state index in [1.54, 1.807) is 6.07 Å². The van der Waals surface area contributed by atoms with Gasteiger partial charge in [0.05, 0.1) is 12.7 Å². The number of nitrogens with zero attached hydrogens (tertiary/aromatic N) is 1. The molecule has 0 radical (unpaired) electrons. The van der Waals surface area contributed by atoms with Crippen molar-refractivity contribution in [3.05, 3.63) is 0 Å². The molecule has 0 heterocycles. The summed E-state index contributed by atoms with van der Waals surface area (Å²) >= 11 is 0. The minimum atomic E-state index is -0.484. The number of rotatable bonds is 4. The fourth-order valence-corrected chi connectivity index (χ4v) is 0.485. The second-order valence-corrected chi connectivity index (χ2v) is 2.12. The Bertz CT molecular complexity index is 172. The molecule has 0 aliphatic carbocycles. The van der Waals surface area contributed by atoms with Crippen LogP contribution in [0, 0.1) is 17.2 Å². The van der Waals surface area contributed by atoms with Crippen molar-refractivity contribution in [1.82, 2.24) is 0 Å². The topological polar surface area (TPSA) is 78.2 Å². The highest BCUT2D eigenvalue weighted by atomic mass is 16.3. The van der Waals surface area contributed by atoms with E-state index in [-0.39, 0.29) is 18.8 Å². The van der Waals surface area contributed by atoms with Gasteiger partial charge in [-0.25, -0.2) is 0 Å². The number of aliphatic hydroxyl groups excluding tert-OH is 1. The van der Waals surface area contributed by atoms with Gasteiger partial charge in [-0.15, -0.1) is 0 Å². The van der Waals surface area contributed by atoms with Crippen LogP contribution in [0.15, 0.2) is 0 Å². The van der Waals surface area contributed by atoms with Crippen LogP contribution in [-0.2, 0) is 9.59 Å². The first-order valence-electron chi connectivity index (χ1n) is 3.49. The molecule has 0 aliphatic heterocycles. The summed E-state index contributed by atoms with van der Waals surface area (Å²) in [5.41, 5.74) is 0. The monoisotopic (exact) mass is 171 g/mol. The second-order valence-electron chi connectivity index (χ2n) is 2.12. The molecule has 0 aromatic heterocycles. The van der Waals surface area contributed by atoms with E-state index >= 15 is 0 Å². The number of aliphatic hydroxyl groups is 1. The van der Waals surface area contributed by atoms with Crippen LogP contribution in [-0.4, -0.2) is 23.8 Å². The van der Waals surface area contributed by atoms with Gasteiger partial charge in [-0.05, 0) is 6.92 Å². The zero-order chi connectivity index (χ0) is 9.98. The number of aldehydes is 1. The Morgan fingerprint density at radius 1 is 1.75 bits per heavy atom. The molecule has 12 heavy (non-hydrogen) atoms. The van der Waals surface area contributed by atoms with E-state index in [0.29, 0.717) is 6.29 Å². The van der Waals surface area contributed by atoms with Crippen molar-refractivity contribution < 1.29 is 14.7 Å². The summed E-state index contributed by atoms with van der Waals surface area (Å²) in [5.74, 6) is -0.618. The van der Waals surface area contributed by atoms with Gasteiger partial charge in [0, 0.05) is 19.3 Å². The van der Waals surface area contributed by atoms with Crippen LogP contribution >= 0.6 is 0 Å². The van der Waals surface area contributed by atoms with Gasteiger partial charge in [0.15, 0.2) is 0 Å². The van der Waals surface area contributed by atoms with E-state index in [2.05, 4.69) is 0 Å². The summed E-state index contributed by atoms with van der Waals surface area (Å²) in [4.78, 5) is 20.3. The normalized spacial score (nSPS) is 10.2. The number of ketones is 1. The first-order chi connectivity index (χ1) is 5.63. The molecule has 68 valence electrons. The van der Waals surface area contributed by atoms with Crippen molar-refractivity contribution in [2.45, 2.75) is 20.3 Å². The molecule has 0 bridgehead atoms. The fraction of sp³-hybridized carbons (Fsp3) is 0.625. The lowest BCUT2D eigenvalue weighted by Gasteiger charge is -2.03. The van der Waals surface area contributed by atoms with Gasteiger partial charge < -0.3 is 9.90 Å². The van der Waals surface area contributed by atoms with E-state index in [4.69, 9.17) is 10.4 Å². The maximum atomic E-state index is 10.4. The van der Waals surface area contributed by atoms with Gasteiger partial charge in [0.25, 0.3) is 0 Å². The molecule has 0 aromatic carbocycles. The van der Waals surface area contributed by atoms with Crippen molar-refractivity contribution in [2.24, 2.45) is 5.92 Å². The molecule has 4 heteroatoms. The van der Waals surface area contributed by atoms with Crippen molar-refractivity contribution in [3.8, 4) is 6.07 Å². The van der Waals surface area contributed by atoms with Crippen LogP contribution in [0.5, 0.6) is 0 Å². The maximum absolute atomic E-state index is 10.4. The molecule has 0 fully saturated rings. The molecule has 1 N–H and O–H groups in total. The largest absolute Gasteiger partial charge is 0.396 e. The average Bonchev–Trinajstić information content (AvgIpc) is 2.01. The first-order valence-corrected chi connectivity index (χ1v) is 3.49. The van der Waals surface area contributed by atoms with Crippen molar-refractivity contribution >= 4 is 12.1 Å². The summed E-state index contributed by atoms with van der Waals surface area (Å²) in [6.07, 6.45) is 0.772. The fourth-order valence-electron chi connectivity index (χ4n) is 0.485. The predicted molar refractivity (Wildman–Crippen MR) is 43.2 cm³/mol. The Labute approximate surface area is 71.8 Å². The lowest BCUT2D eigenvalue weighted by atomic mass is 10.0. The van der Waals surface area contributed by atoms with E-state index in [0.717, 1.165) is 0 Å². The molecule has 0 saturated carbocycles. The summed E-state index contributed by atoms with van der Waals surface area (Å²) in [7, 11) is 0. The van der Waals surface area contributed by atoms with E-state index in [1.165, 1.54) is 13.8 Å². The van der Waals surface area contributed by atoms with Crippen molar-refractivity contribution in [2.75, 3.05) is 6.61 Å². The van der Waals surface area contributed by atoms with Gasteiger partial charge in [-0.2, -0.15) is 5.26 Å². The van der Waals surface area contributed by atoms with Gasteiger partial charge >= 0.3 is 0 Å². The number of carbonyl (C=O) groups is 2. The van der Waals surface area contributed by atoms with Gasteiger partial charge in [-0.1, -0.05) is 0 Å². The van der Waals surface area contributed by atoms with Crippen LogP contribution in [0.1, 0.15) is 20.3 Å². The highest BCUT2D eigenvalue weighted by Crippen LogP contribution is 1.99. The number of hydrogen-bond acceptors (Lipinski definition) is 4. The van der Waals surface area contributed by atoms with Gasteiger partial charge in [0.2, 0.25) is 0 Å². The molecule has 1 atom stereocenters. The Hall–Kier alpha value is -1.21. The highest BCUT2D eigenvalue weighted by molar-refractivity contribution is 5.80. The third-order valence-corrected chi connectivity index (χ3v) is 1.18. The Kier molecular flexibility index (Phi) is 10.9. The minimum Gasteiger partial charge on any atom is -0.396 e. The highest BCUT2D eigenvalue weighted by Gasteiger charge is 2.10. The molecule has 0 aromatic rings. The standard InChI is InChI=1S/C6H10O3.C2H3N/c1-5(9)6(4-8)2-3-7;1-2-3/h3,6,8H,2,4H2,1H3;1H3. The van der Waals surface area contributed by atoms with Crippen LogP contribution in [0.2, 0.25) is 0 Å². The van der Waals surface area contributed by atoms with Crippen molar-refractivity contribution in [3.63, 3.8) is 0 Å². The molecule has 1 unspecified atom stereocenters. The molecule has 0 saturated heterocycles. The van der Waals surface area contributed by atoms with E-state index in [1.807, 2.05) is 0 Å². The van der Waals surface area contributed by atoms with Gasteiger partial charge in [-0.3, -0.25) is 4.79 Å². The maximum Gasteiger partial charge on any atom is 0.135 e. The first kappa shape index (κ1) is 13.4. The van der Waals surface area contributed by atoms with Crippen LogP contribution in [0.25, 0.3) is 0 Å². The van der Waals surface area contributed by atoms with Crippen LogP contribution < -0.4 is 0 Å². The number of nitriles is 1. The van der Waals surface area contributed by atoms with Crippen LogP contribution in [0.4, 0.5) is 0 Å². The van der Waals surface area contributed by atoms with Crippen molar-refractivity contribution in [1.29, 1.82) is 5.26 Å². The molecule has 0 amide bonds. The lowest BCUT2D eigenvalue weighted by molar-refractivity contribution is -0.124. The number of Topliss-reactive ketones (excluding diaryl/α,β-unsaturated/α-hetero) is 1. The lowest BCUT2D eigenvalue weighted by Crippen LogP contribution is -2.15. The molecular formula is C8H13NO3. The third-order valence-electron chi connectivity index (χ3n) is 1.18. The second kappa shape index (κ2) is 9.79. The molecule has 0 aliphatic rings. The Morgan fingerprint density at radius 2 is 2.17 bits per heavy atom. The van der Waals surface area contributed by atoms with E-state index < -0.39 is 5.92 Å². The number of carbonyl (C=O) groups excluding carboxylic acids is 2. The predicted octanol–water partition coefficient (Wildman–Crippen LogP) is 0.303. The Morgan fingerprint density at radius 3 is 2.25 bits per heavy atom. The summed E-state index contributed by atoms with van der Waals surface area (Å²) in [6.45, 7) is 2.57. The molecular weight excluding hydrogens is 158 g/mol. The average molecular weight is 171 g/mol. The zero-order valence-electron chi connectivity index (χ0n) is 7.28. The van der Waals surface area contributed by atoms with Crippen LogP contribution in [0.3, 0.4) is 0 Å². The number of hydrogen-bond donors (Lipinski definition) is 1. The molecule has 0 rings (SSSR count). The summed E-state index contributed by atoms with van der Waals surface area (Å²) < 4.78 is 0. The Balaban J connectivity index is 0. The molecule has 0 spiro atoms. The summed E-state index contributed by atoms with van der Waals surface area (Å²) in [5, 5.41) is 15.8. The van der Waals surface area contributed by atoms with E-state index in [9.17, 15) is 9.59 Å². The molecule has 4 nitrogen and oxygen atoms in total. The van der Waals surface area contributed by atoms with Gasteiger partial charge in [0.1, 0.15) is 12.1 Å². The quantitative estimate of drug-likeness (QED) is 0.617.